The highest BCUT2D eigenvalue weighted by Gasteiger charge is 2.17. The number of benzene rings is 1. The molecule has 0 N–H and O–H groups in total. The van der Waals surface area contributed by atoms with Crippen LogP contribution in [0, 0.1) is 10.1 Å². The van der Waals surface area contributed by atoms with Crippen LogP contribution in [-0.4, -0.2) is 22.3 Å². The van der Waals surface area contributed by atoms with Crippen LogP contribution < -0.4 is 0 Å². The summed E-state index contributed by atoms with van der Waals surface area (Å²) in [5, 5.41) is 10.6. The molecule has 0 saturated carbocycles. The molecule has 0 fully saturated rings. The molecule has 6 nitrogen and oxygen atoms in total. The molecule has 0 bridgehead atoms. The molecule has 106 valence electrons. The van der Waals surface area contributed by atoms with Crippen molar-refractivity contribution in [3.63, 3.8) is 0 Å². The lowest BCUT2D eigenvalue weighted by Gasteiger charge is -2.09. The fourth-order valence-corrected chi connectivity index (χ4v) is 2.04. The van der Waals surface area contributed by atoms with Gasteiger partial charge in [-0.1, -0.05) is 11.6 Å². The molecule has 1 aromatic carbocycles. The minimum atomic E-state index is -0.589. The van der Waals surface area contributed by atoms with Gasteiger partial charge in [-0.3, -0.25) is 19.7 Å². The number of carbonyl (C=O) groups excluding carboxylic acids is 2. The van der Waals surface area contributed by atoms with Crippen LogP contribution in [0.2, 0.25) is 0 Å². The number of rotatable bonds is 2. The van der Waals surface area contributed by atoms with Crippen molar-refractivity contribution in [3.8, 4) is 0 Å². The third-order valence-electron chi connectivity index (χ3n) is 2.77. The average Bonchev–Trinajstić information content (AvgIpc) is 2.42. The lowest BCUT2D eigenvalue weighted by Crippen LogP contribution is -2.12. The molecule has 1 aromatic rings. The van der Waals surface area contributed by atoms with E-state index in [1.54, 1.807) is 6.92 Å². The molecule has 0 unspecified atom stereocenters. The van der Waals surface area contributed by atoms with E-state index in [1.807, 2.05) is 0 Å². The lowest BCUT2D eigenvalue weighted by molar-refractivity contribution is -0.384. The van der Waals surface area contributed by atoms with Crippen LogP contribution in [0.3, 0.4) is 0 Å². The van der Waals surface area contributed by atoms with Crippen molar-refractivity contribution in [2.75, 3.05) is 0 Å². The average molecular weight is 305 g/mol. The molecule has 0 radical (unpaired) electrons. The summed E-state index contributed by atoms with van der Waals surface area (Å²) in [6.07, 6.45) is 2.50. The number of hydrogen-bond acceptors (Lipinski definition) is 4. The molecule has 0 aliphatic heterocycles. The van der Waals surface area contributed by atoms with Crippen molar-refractivity contribution in [1.82, 2.24) is 0 Å². The van der Waals surface area contributed by atoms with Crippen molar-refractivity contribution >= 4 is 34.7 Å². The van der Waals surface area contributed by atoms with E-state index in [0.29, 0.717) is 5.57 Å². The van der Waals surface area contributed by atoms with E-state index >= 15 is 0 Å². The zero-order valence-corrected chi connectivity index (χ0v) is 11.6. The summed E-state index contributed by atoms with van der Waals surface area (Å²) in [6, 6.07) is 5.07. The summed E-state index contributed by atoms with van der Waals surface area (Å²) in [5.74, 6) is -0.854. The monoisotopic (exact) mass is 304 g/mol. The molecule has 1 aliphatic rings. The normalized spacial score (nSPS) is 16.5. The summed E-state index contributed by atoms with van der Waals surface area (Å²) >= 11 is 5.90. The molecule has 1 amide bonds. The number of halogens is 1. The lowest BCUT2D eigenvalue weighted by atomic mass is 10.0. The van der Waals surface area contributed by atoms with E-state index in [1.165, 1.54) is 36.4 Å². The Morgan fingerprint density at radius 3 is 2.38 bits per heavy atom. The second-order valence-corrected chi connectivity index (χ2v) is 4.70. The molecule has 0 heterocycles. The third-order valence-corrected chi connectivity index (χ3v) is 3.05. The van der Waals surface area contributed by atoms with Crippen molar-refractivity contribution in [1.29, 1.82) is 0 Å². The van der Waals surface area contributed by atoms with Crippen LogP contribution in [-0.2, 0) is 4.79 Å². The number of carbonyl (C=O) groups is 2. The molecule has 1 aliphatic carbocycles. The first-order chi connectivity index (χ1) is 9.88. The molecule has 0 atom stereocenters. The van der Waals surface area contributed by atoms with Crippen molar-refractivity contribution in [2.45, 2.75) is 6.92 Å². The molecule has 7 heteroatoms. The first-order valence-corrected chi connectivity index (χ1v) is 6.24. The van der Waals surface area contributed by atoms with Gasteiger partial charge in [0.15, 0.2) is 5.78 Å². The van der Waals surface area contributed by atoms with E-state index in [4.69, 9.17) is 11.6 Å². The summed E-state index contributed by atoms with van der Waals surface area (Å²) in [4.78, 5) is 37.1. The molecule has 21 heavy (non-hydrogen) atoms. The Kier molecular flexibility index (Phi) is 4.09. The van der Waals surface area contributed by atoms with Crippen LogP contribution in [0.1, 0.15) is 17.3 Å². The second-order valence-electron chi connectivity index (χ2n) is 4.29. The molecule has 0 aromatic heterocycles. The molecule has 2 rings (SSSR count). The molecular formula is C14H9ClN2O4. The number of allylic oxidation sites excluding steroid dienone is 4. The number of non-ortho nitro benzene ring substituents is 1. The first kappa shape index (κ1) is 14.8. The van der Waals surface area contributed by atoms with Crippen LogP contribution in [0.15, 0.2) is 52.0 Å². The Bertz CT molecular complexity index is 706. The summed E-state index contributed by atoms with van der Waals surface area (Å²) in [5.41, 5.74) is 0.793. The Morgan fingerprint density at radius 2 is 1.86 bits per heavy atom. The highest BCUT2D eigenvalue weighted by atomic mass is 35.5. The minimum absolute atomic E-state index is 0.0928. The zero-order chi connectivity index (χ0) is 15.6. The quantitative estimate of drug-likeness (QED) is 0.477. The fraction of sp³-hybridized carbons (Fsp3) is 0.0714. The number of nitro benzene ring substituents is 1. The van der Waals surface area contributed by atoms with Crippen molar-refractivity contribution in [3.05, 3.63) is 62.7 Å². The van der Waals surface area contributed by atoms with Crippen LogP contribution >= 0.6 is 11.6 Å². The van der Waals surface area contributed by atoms with Gasteiger partial charge in [0, 0.05) is 23.8 Å². The summed E-state index contributed by atoms with van der Waals surface area (Å²) < 4.78 is 0. The van der Waals surface area contributed by atoms with Gasteiger partial charge in [0.2, 0.25) is 0 Å². The van der Waals surface area contributed by atoms with Gasteiger partial charge in [-0.25, -0.2) is 4.99 Å². The van der Waals surface area contributed by atoms with Crippen LogP contribution in [0.5, 0.6) is 0 Å². The predicted octanol–water partition coefficient (Wildman–Crippen LogP) is 2.83. The number of aliphatic imine (C=N–C) groups is 1. The summed E-state index contributed by atoms with van der Waals surface area (Å²) in [7, 11) is 0. The molecular weight excluding hydrogens is 296 g/mol. The Labute approximate surface area is 124 Å². The maximum Gasteiger partial charge on any atom is 0.277 e. The Morgan fingerprint density at radius 1 is 1.24 bits per heavy atom. The number of nitrogens with zero attached hydrogens (tertiary/aromatic N) is 2. The fourth-order valence-electron chi connectivity index (χ4n) is 1.74. The van der Waals surface area contributed by atoms with E-state index < -0.39 is 10.8 Å². The highest BCUT2D eigenvalue weighted by molar-refractivity contribution is 6.49. The third kappa shape index (κ3) is 3.29. The number of hydrogen-bond donors (Lipinski definition) is 0. The number of amides is 1. The van der Waals surface area contributed by atoms with Gasteiger partial charge in [0.25, 0.3) is 11.6 Å². The van der Waals surface area contributed by atoms with Gasteiger partial charge in [-0.05, 0) is 30.7 Å². The number of ketones is 1. The van der Waals surface area contributed by atoms with Gasteiger partial charge >= 0.3 is 0 Å². The maximum atomic E-state index is 12.0. The minimum Gasteiger partial charge on any atom is -0.290 e. The van der Waals surface area contributed by atoms with E-state index in [-0.39, 0.29) is 27.8 Å². The van der Waals surface area contributed by atoms with E-state index in [2.05, 4.69) is 4.99 Å². The van der Waals surface area contributed by atoms with Crippen LogP contribution in [0.25, 0.3) is 0 Å². The summed E-state index contributed by atoms with van der Waals surface area (Å²) in [6.45, 7) is 1.62. The first-order valence-electron chi connectivity index (χ1n) is 5.86. The zero-order valence-electron chi connectivity index (χ0n) is 10.9. The van der Waals surface area contributed by atoms with E-state index in [9.17, 15) is 19.7 Å². The smallest absolute Gasteiger partial charge is 0.277 e. The maximum absolute atomic E-state index is 12.0. The van der Waals surface area contributed by atoms with Crippen molar-refractivity contribution < 1.29 is 14.5 Å². The van der Waals surface area contributed by atoms with Gasteiger partial charge in [0.1, 0.15) is 0 Å². The van der Waals surface area contributed by atoms with Gasteiger partial charge in [-0.2, -0.15) is 0 Å². The predicted molar refractivity (Wildman–Crippen MR) is 77.6 cm³/mol. The largest absolute Gasteiger partial charge is 0.290 e. The molecule has 0 spiro atoms. The molecule has 0 saturated heterocycles. The highest BCUT2D eigenvalue weighted by Crippen LogP contribution is 2.19. The van der Waals surface area contributed by atoms with Gasteiger partial charge < -0.3 is 0 Å². The SMILES string of the molecule is CC1=CC(=O)C=C(Cl)C1=NC(=O)c1ccc([N+](=O)[O-])cc1. The van der Waals surface area contributed by atoms with Crippen molar-refractivity contribution in [2.24, 2.45) is 4.99 Å². The topological polar surface area (TPSA) is 89.6 Å². The Balaban J connectivity index is 2.30. The standard InChI is InChI=1S/C14H9ClN2O4/c1-8-6-11(18)7-12(15)13(8)16-14(19)9-2-4-10(5-3-9)17(20)21/h2-7H,1H3. The Hall–Kier alpha value is -2.60. The van der Waals surface area contributed by atoms with Gasteiger partial charge in [0.05, 0.1) is 15.7 Å². The van der Waals surface area contributed by atoms with E-state index in [0.717, 1.165) is 0 Å². The van der Waals surface area contributed by atoms with Gasteiger partial charge in [-0.15, -0.1) is 0 Å². The van der Waals surface area contributed by atoms with Crippen LogP contribution in [0.4, 0.5) is 5.69 Å². The number of nitro groups is 1. The second kappa shape index (κ2) is 5.80.